The van der Waals surface area contributed by atoms with Crippen molar-refractivity contribution >= 4 is 0 Å². The van der Waals surface area contributed by atoms with E-state index >= 15 is 0 Å². The first-order valence-corrected chi connectivity index (χ1v) is 7.46. The molecule has 0 amide bonds. The summed E-state index contributed by atoms with van der Waals surface area (Å²) in [5.74, 6) is 0. The van der Waals surface area contributed by atoms with Crippen LogP contribution in [0, 0.1) is 0 Å². The second-order valence-corrected chi connectivity index (χ2v) is 6.21. The summed E-state index contributed by atoms with van der Waals surface area (Å²) in [6, 6.07) is 10.9. The van der Waals surface area contributed by atoms with Gasteiger partial charge in [0, 0.05) is 31.7 Å². The lowest BCUT2D eigenvalue weighted by atomic mass is 9.85. The number of rotatable bonds is 2. The highest BCUT2D eigenvalue weighted by Crippen LogP contribution is 2.25. The van der Waals surface area contributed by atoms with Crippen molar-refractivity contribution in [3.8, 4) is 0 Å². The summed E-state index contributed by atoms with van der Waals surface area (Å²) in [4.78, 5) is 5.07. The number of piperazine rings is 1. The predicted molar refractivity (Wildman–Crippen MR) is 79.2 cm³/mol. The normalized spacial score (nSPS) is 24.7. The van der Waals surface area contributed by atoms with Gasteiger partial charge in [-0.05, 0) is 38.5 Å². The van der Waals surface area contributed by atoms with E-state index in [0.717, 1.165) is 13.1 Å². The zero-order valence-corrected chi connectivity index (χ0v) is 11.9. The minimum Gasteiger partial charge on any atom is -0.309 e. The topological polar surface area (TPSA) is 18.5 Å². The van der Waals surface area contributed by atoms with Crippen molar-refractivity contribution in [1.82, 2.24) is 15.1 Å². The highest BCUT2D eigenvalue weighted by atomic mass is 15.2. The van der Waals surface area contributed by atoms with Crippen LogP contribution in [0.4, 0.5) is 0 Å². The molecule has 1 N–H and O–H groups in total. The summed E-state index contributed by atoms with van der Waals surface area (Å²) in [5.41, 5.74) is 1.81. The molecule has 2 fully saturated rings. The molecule has 0 bridgehead atoms. The molecule has 1 aromatic rings. The summed E-state index contributed by atoms with van der Waals surface area (Å²) < 4.78 is 0. The first kappa shape index (κ1) is 13.1. The highest BCUT2D eigenvalue weighted by Gasteiger charge is 2.37. The van der Waals surface area contributed by atoms with Crippen LogP contribution in [0.15, 0.2) is 30.3 Å². The third-order valence-electron chi connectivity index (χ3n) is 4.65. The number of piperidine rings is 1. The van der Waals surface area contributed by atoms with E-state index in [1.54, 1.807) is 0 Å². The van der Waals surface area contributed by atoms with Gasteiger partial charge in [-0.15, -0.1) is 0 Å². The Balaban J connectivity index is 1.62. The molecule has 2 heterocycles. The van der Waals surface area contributed by atoms with E-state index in [1.165, 1.54) is 44.6 Å². The van der Waals surface area contributed by atoms with Crippen molar-refractivity contribution in [3.63, 3.8) is 0 Å². The van der Waals surface area contributed by atoms with Gasteiger partial charge in [-0.3, -0.25) is 4.90 Å². The van der Waals surface area contributed by atoms with Gasteiger partial charge in [-0.25, -0.2) is 0 Å². The number of nitrogens with zero attached hydrogens (tertiary/aromatic N) is 2. The van der Waals surface area contributed by atoms with E-state index in [4.69, 9.17) is 0 Å². The molecule has 0 unspecified atom stereocenters. The van der Waals surface area contributed by atoms with Crippen LogP contribution in [0.5, 0.6) is 0 Å². The number of nitrogens with one attached hydrogen (secondary N) is 1. The van der Waals surface area contributed by atoms with Gasteiger partial charge in [0.15, 0.2) is 0 Å². The number of hydrogen-bond donors (Lipinski definition) is 1. The van der Waals surface area contributed by atoms with Crippen LogP contribution in [0.2, 0.25) is 0 Å². The minimum atomic E-state index is 0.375. The minimum absolute atomic E-state index is 0.375. The molecular weight excluding hydrogens is 234 g/mol. The van der Waals surface area contributed by atoms with Crippen LogP contribution >= 0.6 is 0 Å². The third kappa shape index (κ3) is 3.16. The Hall–Kier alpha value is -0.900. The van der Waals surface area contributed by atoms with Gasteiger partial charge in [0.05, 0.1) is 0 Å². The fraction of sp³-hybridized carbons (Fsp3) is 0.625. The van der Waals surface area contributed by atoms with Crippen molar-refractivity contribution in [2.45, 2.75) is 24.9 Å². The first-order valence-electron chi connectivity index (χ1n) is 7.46. The molecule has 2 aliphatic rings. The lowest BCUT2D eigenvalue weighted by Gasteiger charge is -2.48. The summed E-state index contributed by atoms with van der Waals surface area (Å²) in [6.07, 6.45) is 2.57. The SMILES string of the molecule is CN1CCC2(CC1)CN(Cc1ccccc1)CCN2. The quantitative estimate of drug-likeness (QED) is 0.869. The van der Waals surface area contributed by atoms with Crippen LogP contribution in [0.25, 0.3) is 0 Å². The Morgan fingerprint density at radius 3 is 2.58 bits per heavy atom. The molecule has 104 valence electrons. The molecule has 1 aromatic carbocycles. The summed E-state index contributed by atoms with van der Waals surface area (Å²) in [6.45, 7) is 7.07. The molecule has 1 spiro atoms. The molecular formula is C16H25N3. The van der Waals surface area contributed by atoms with Crippen molar-refractivity contribution in [1.29, 1.82) is 0 Å². The molecule has 19 heavy (non-hydrogen) atoms. The zero-order chi connectivity index (χ0) is 13.1. The maximum atomic E-state index is 3.80. The molecule has 0 saturated carbocycles. The van der Waals surface area contributed by atoms with Crippen molar-refractivity contribution in [2.24, 2.45) is 0 Å². The van der Waals surface area contributed by atoms with E-state index in [1.807, 2.05) is 0 Å². The van der Waals surface area contributed by atoms with Crippen LogP contribution in [-0.2, 0) is 6.54 Å². The molecule has 0 aliphatic carbocycles. The van der Waals surface area contributed by atoms with Gasteiger partial charge in [0.1, 0.15) is 0 Å². The van der Waals surface area contributed by atoms with E-state index in [2.05, 4.69) is 52.5 Å². The Kier molecular flexibility index (Phi) is 3.87. The van der Waals surface area contributed by atoms with Gasteiger partial charge in [-0.1, -0.05) is 30.3 Å². The molecule has 2 aliphatic heterocycles. The van der Waals surface area contributed by atoms with Crippen LogP contribution in [-0.4, -0.2) is 55.1 Å². The fourth-order valence-electron chi connectivity index (χ4n) is 3.40. The van der Waals surface area contributed by atoms with Gasteiger partial charge in [0.25, 0.3) is 0 Å². The van der Waals surface area contributed by atoms with E-state index < -0.39 is 0 Å². The van der Waals surface area contributed by atoms with Crippen LogP contribution in [0.1, 0.15) is 18.4 Å². The van der Waals surface area contributed by atoms with Crippen molar-refractivity contribution < 1.29 is 0 Å². The Morgan fingerprint density at radius 1 is 1.11 bits per heavy atom. The van der Waals surface area contributed by atoms with E-state index in [9.17, 15) is 0 Å². The Bertz CT molecular complexity index is 396. The van der Waals surface area contributed by atoms with E-state index in [0.29, 0.717) is 5.54 Å². The average molecular weight is 259 g/mol. The maximum absolute atomic E-state index is 3.80. The van der Waals surface area contributed by atoms with Crippen LogP contribution < -0.4 is 5.32 Å². The second-order valence-electron chi connectivity index (χ2n) is 6.21. The lowest BCUT2D eigenvalue weighted by molar-refractivity contribution is 0.0705. The standard InChI is InChI=1S/C16H25N3/c1-18-10-7-16(8-11-18)14-19(12-9-17-16)13-15-5-3-2-4-6-15/h2-6,17H,7-14H2,1H3. The molecule has 0 atom stereocenters. The number of benzene rings is 1. The molecule has 3 heteroatoms. The average Bonchev–Trinajstić information content (AvgIpc) is 2.44. The summed E-state index contributed by atoms with van der Waals surface area (Å²) in [5, 5.41) is 3.80. The number of hydrogen-bond acceptors (Lipinski definition) is 3. The van der Waals surface area contributed by atoms with Gasteiger partial charge in [-0.2, -0.15) is 0 Å². The van der Waals surface area contributed by atoms with Gasteiger partial charge in [0.2, 0.25) is 0 Å². The smallest absolute Gasteiger partial charge is 0.0333 e. The summed E-state index contributed by atoms with van der Waals surface area (Å²) >= 11 is 0. The third-order valence-corrected chi connectivity index (χ3v) is 4.65. The van der Waals surface area contributed by atoms with E-state index in [-0.39, 0.29) is 0 Å². The number of likely N-dealkylation sites (tertiary alicyclic amines) is 1. The lowest BCUT2D eigenvalue weighted by Crippen LogP contribution is -2.63. The second kappa shape index (κ2) is 5.61. The van der Waals surface area contributed by atoms with Gasteiger partial charge >= 0.3 is 0 Å². The molecule has 3 rings (SSSR count). The zero-order valence-electron chi connectivity index (χ0n) is 11.9. The molecule has 0 aromatic heterocycles. The molecule has 2 saturated heterocycles. The Labute approximate surface area is 116 Å². The molecule has 3 nitrogen and oxygen atoms in total. The summed E-state index contributed by atoms with van der Waals surface area (Å²) in [7, 11) is 2.23. The molecule has 0 radical (unpaired) electrons. The van der Waals surface area contributed by atoms with Crippen LogP contribution in [0.3, 0.4) is 0 Å². The monoisotopic (exact) mass is 259 g/mol. The van der Waals surface area contributed by atoms with Crippen molar-refractivity contribution in [3.05, 3.63) is 35.9 Å². The fourth-order valence-corrected chi connectivity index (χ4v) is 3.40. The van der Waals surface area contributed by atoms with Crippen molar-refractivity contribution in [2.75, 3.05) is 39.8 Å². The Morgan fingerprint density at radius 2 is 1.84 bits per heavy atom. The predicted octanol–water partition coefficient (Wildman–Crippen LogP) is 1.56. The first-order chi connectivity index (χ1) is 9.26. The van der Waals surface area contributed by atoms with Gasteiger partial charge < -0.3 is 10.2 Å². The highest BCUT2D eigenvalue weighted by molar-refractivity contribution is 5.15. The maximum Gasteiger partial charge on any atom is 0.0333 e. The largest absolute Gasteiger partial charge is 0.309 e.